The number of aliphatic carboxylic acids is 1. The molecule has 7 heteroatoms. The lowest BCUT2D eigenvalue weighted by atomic mass is 10.2. The fourth-order valence-corrected chi connectivity index (χ4v) is 2.68. The zero-order valence-electron chi connectivity index (χ0n) is 12.2. The molecule has 0 heterocycles. The number of carboxylic acid groups (broad SMARTS) is 1. The van der Waals surface area contributed by atoms with E-state index < -0.39 is 12.0 Å². The normalized spacial score (nSPS) is 11.6. The molecule has 1 rings (SSSR count). The minimum absolute atomic E-state index is 0.295. The lowest BCUT2D eigenvalue weighted by Gasteiger charge is -2.13. The van der Waals surface area contributed by atoms with Crippen molar-refractivity contribution in [3.63, 3.8) is 0 Å². The van der Waals surface area contributed by atoms with Crippen LogP contribution in [0.1, 0.15) is 12.5 Å². The van der Waals surface area contributed by atoms with Gasteiger partial charge >= 0.3 is 5.97 Å². The van der Waals surface area contributed by atoms with Crippen molar-refractivity contribution in [2.24, 2.45) is 0 Å². The molecule has 0 aliphatic carbocycles. The summed E-state index contributed by atoms with van der Waals surface area (Å²) >= 11 is 1.43. The van der Waals surface area contributed by atoms with Gasteiger partial charge in [-0.1, -0.05) is 6.07 Å². The second-order valence-corrected chi connectivity index (χ2v) is 5.33. The van der Waals surface area contributed by atoms with Crippen molar-refractivity contribution in [3.8, 4) is 11.5 Å². The Kier molecular flexibility index (Phi) is 6.87. The molecule has 0 aliphatic heterocycles. The van der Waals surface area contributed by atoms with Gasteiger partial charge in [-0.05, 0) is 17.7 Å². The highest BCUT2D eigenvalue weighted by atomic mass is 32.2. The number of carbonyl (C=O) groups is 2. The molecule has 0 aliphatic rings. The van der Waals surface area contributed by atoms with Crippen molar-refractivity contribution in [2.45, 2.75) is 18.7 Å². The number of hydrogen-bond acceptors (Lipinski definition) is 5. The summed E-state index contributed by atoms with van der Waals surface area (Å²) in [5.41, 5.74) is 0.990. The maximum atomic E-state index is 11.0. The van der Waals surface area contributed by atoms with Gasteiger partial charge in [0.1, 0.15) is 6.04 Å². The van der Waals surface area contributed by atoms with Crippen LogP contribution in [0.4, 0.5) is 0 Å². The van der Waals surface area contributed by atoms with Crippen LogP contribution in [0.15, 0.2) is 18.2 Å². The standard InChI is InChI=1S/C14H19NO5S/c1-9(16)15-11(14(17)18)8-21-7-10-4-5-12(19-2)13(6-10)20-3/h4-6,11H,7-8H2,1-3H3,(H,15,16)(H,17,18). The Balaban J connectivity index is 2.58. The summed E-state index contributed by atoms with van der Waals surface area (Å²) in [6, 6.07) is 4.66. The van der Waals surface area contributed by atoms with Gasteiger partial charge in [0, 0.05) is 18.4 Å². The minimum atomic E-state index is -1.04. The second kappa shape index (κ2) is 8.41. The predicted octanol–water partition coefficient (Wildman–Crippen LogP) is 1.53. The summed E-state index contributed by atoms with van der Waals surface area (Å²) < 4.78 is 10.4. The summed E-state index contributed by atoms with van der Waals surface area (Å²) in [5.74, 6) is 0.798. The highest BCUT2D eigenvalue weighted by Gasteiger charge is 2.18. The first-order valence-corrected chi connectivity index (χ1v) is 7.42. The van der Waals surface area contributed by atoms with Crippen molar-refractivity contribution in [1.82, 2.24) is 5.32 Å². The molecule has 1 unspecified atom stereocenters. The summed E-state index contributed by atoms with van der Waals surface area (Å²) in [5, 5.41) is 11.4. The first-order chi connectivity index (χ1) is 9.97. The summed E-state index contributed by atoms with van der Waals surface area (Å²) in [6.45, 7) is 1.30. The molecule has 21 heavy (non-hydrogen) atoms. The van der Waals surface area contributed by atoms with E-state index in [0.717, 1.165) is 5.56 Å². The second-order valence-electron chi connectivity index (χ2n) is 4.30. The van der Waals surface area contributed by atoms with E-state index in [9.17, 15) is 9.59 Å². The zero-order chi connectivity index (χ0) is 15.8. The summed E-state index contributed by atoms with van der Waals surface area (Å²) in [6.07, 6.45) is 0. The Morgan fingerprint density at radius 3 is 2.48 bits per heavy atom. The molecule has 0 spiro atoms. The van der Waals surface area contributed by atoms with E-state index in [1.54, 1.807) is 20.3 Å². The molecule has 0 aromatic heterocycles. The van der Waals surface area contributed by atoms with Gasteiger partial charge < -0.3 is 19.9 Å². The van der Waals surface area contributed by atoms with Crippen LogP contribution in [0.25, 0.3) is 0 Å². The Hall–Kier alpha value is -1.89. The van der Waals surface area contributed by atoms with Gasteiger partial charge in [0.25, 0.3) is 0 Å². The average molecular weight is 313 g/mol. The molecule has 1 aromatic carbocycles. The summed E-state index contributed by atoms with van der Waals surface area (Å²) in [7, 11) is 3.13. The molecule has 0 saturated carbocycles. The van der Waals surface area contributed by atoms with Gasteiger partial charge in [-0.2, -0.15) is 11.8 Å². The number of benzene rings is 1. The Bertz CT molecular complexity index is 506. The number of rotatable bonds is 8. The van der Waals surface area contributed by atoms with Gasteiger partial charge in [-0.3, -0.25) is 4.79 Å². The molecular formula is C14H19NO5S. The predicted molar refractivity (Wildman–Crippen MR) is 80.9 cm³/mol. The highest BCUT2D eigenvalue weighted by molar-refractivity contribution is 7.98. The Labute approximate surface area is 127 Å². The molecule has 1 aromatic rings. The SMILES string of the molecule is COc1ccc(CSCC(NC(C)=O)C(=O)O)cc1OC. The van der Waals surface area contributed by atoms with Gasteiger partial charge in [0.15, 0.2) is 11.5 Å². The van der Waals surface area contributed by atoms with Crippen molar-refractivity contribution in [2.75, 3.05) is 20.0 Å². The average Bonchev–Trinajstić information content (AvgIpc) is 2.45. The van der Waals surface area contributed by atoms with Crippen molar-refractivity contribution in [3.05, 3.63) is 23.8 Å². The van der Waals surface area contributed by atoms with E-state index in [4.69, 9.17) is 14.6 Å². The Morgan fingerprint density at radius 2 is 1.95 bits per heavy atom. The first kappa shape index (κ1) is 17.2. The quantitative estimate of drug-likeness (QED) is 0.757. The van der Waals surface area contributed by atoms with Gasteiger partial charge in [-0.25, -0.2) is 4.79 Å². The number of nitrogens with one attached hydrogen (secondary N) is 1. The van der Waals surface area contributed by atoms with Crippen LogP contribution in [-0.4, -0.2) is 43.0 Å². The Morgan fingerprint density at radius 1 is 1.29 bits per heavy atom. The van der Waals surface area contributed by atoms with Gasteiger partial charge in [-0.15, -0.1) is 0 Å². The van der Waals surface area contributed by atoms with E-state index in [-0.39, 0.29) is 5.91 Å². The van der Waals surface area contributed by atoms with E-state index in [1.807, 2.05) is 12.1 Å². The fraction of sp³-hybridized carbons (Fsp3) is 0.429. The molecule has 2 N–H and O–H groups in total. The van der Waals surface area contributed by atoms with Crippen molar-refractivity contribution < 1.29 is 24.2 Å². The van der Waals surface area contributed by atoms with E-state index in [2.05, 4.69) is 5.32 Å². The molecule has 6 nitrogen and oxygen atoms in total. The third-order valence-electron chi connectivity index (χ3n) is 2.68. The summed E-state index contributed by atoms with van der Waals surface area (Å²) in [4.78, 5) is 21.9. The van der Waals surface area contributed by atoms with E-state index in [1.165, 1.54) is 18.7 Å². The van der Waals surface area contributed by atoms with Crippen molar-refractivity contribution in [1.29, 1.82) is 0 Å². The smallest absolute Gasteiger partial charge is 0.327 e. The third kappa shape index (κ3) is 5.55. The molecule has 116 valence electrons. The van der Waals surface area contributed by atoms with Crippen LogP contribution in [0.3, 0.4) is 0 Å². The molecular weight excluding hydrogens is 294 g/mol. The maximum Gasteiger partial charge on any atom is 0.327 e. The highest BCUT2D eigenvalue weighted by Crippen LogP contribution is 2.29. The molecule has 0 radical (unpaired) electrons. The number of hydrogen-bond donors (Lipinski definition) is 2. The van der Waals surface area contributed by atoms with Gasteiger partial charge in [0.05, 0.1) is 14.2 Å². The molecule has 0 fully saturated rings. The molecule has 0 saturated heterocycles. The molecule has 1 amide bonds. The number of carboxylic acids is 1. The van der Waals surface area contributed by atoms with E-state index >= 15 is 0 Å². The van der Waals surface area contributed by atoms with E-state index in [0.29, 0.717) is 23.0 Å². The fourth-order valence-electron chi connectivity index (χ4n) is 1.69. The number of thioether (sulfide) groups is 1. The first-order valence-electron chi connectivity index (χ1n) is 6.26. The molecule has 0 bridgehead atoms. The number of amides is 1. The van der Waals surface area contributed by atoms with Crippen LogP contribution in [0, 0.1) is 0 Å². The third-order valence-corrected chi connectivity index (χ3v) is 3.78. The van der Waals surface area contributed by atoms with Crippen LogP contribution >= 0.6 is 11.8 Å². The van der Waals surface area contributed by atoms with Crippen LogP contribution < -0.4 is 14.8 Å². The molecule has 1 atom stereocenters. The largest absolute Gasteiger partial charge is 0.493 e. The maximum absolute atomic E-state index is 11.0. The van der Waals surface area contributed by atoms with Crippen LogP contribution in [0.5, 0.6) is 11.5 Å². The van der Waals surface area contributed by atoms with Gasteiger partial charge in [0.2, 0.25) is 5.91 Å². The van der Waals surface area contributed by atoms with Crippen LogP contribution in [-0.2, 0) is 15.3 Å². The monoisotopic (exact) mass is 313 g/mol. The van der Waals surface area contributed by atoms with Crippen molar-refractivity contribution >= 4 is 23.6 Å². The zero-order valence-corrected chi connectivity index (χ0v) is 13.0. The number of ether oxygens (including phenoxy) is 2. The minimum Gasteiger partial charge on any atom is -0.493 e. The number of carbonyl (C=O) groups excluding carboxylic acids is 1. The topological polar surface area (TPSA) is 84.9 Å². The number of methoxy groups -OCH3 is 2. The lowest BCUT2D eigenvalue weighted by Crippen LogP contribution is -2.41. The van der Waals surface area contributed by atoms with Crippen LogP contribution in [0.2, 0.25) is 0 Å². The lowest BCUT2D eigenvalue weighted by molar-refractivity contribution is -0.140.